The van der Waals surface area contributed by atoms with Gasteiger partial charge in [0.1, 0.15) is 12.4 Å². The second-order valence-electron chi connectivity index (χ2n) is 7.01. The predicted octanol–water partition coefficient (Wildman–Crippen LogP) is 7.28. The lowest BCUT2D eigenvalue weighted by Gasteiger charge is -2.25. The van der Waals surface area contributed by atoms with Crippen molar-refractivity contribution in [1.82, 2.24) is 0 Å². The number of benzene rings is 1. The zero-order valence-corrected chi connectivity index (χ0v) is 17.9. The number of nitrogens with zero attached hydrogens (tertiary/aromatic N) is 1. The molecule has 1 aromatic carbocycles. The van der Waals surface area contributed by atoms with Gasteiger partial charge in [0.25, 0.3) is 0 Å². The van der Waals surface area contributed by atoms with Gasteiger partial charge in [-0.1, -0.05) is 39.3 Å². The summed E-state index contributed by atoms with van der Waals surface area (Å²) in [5.41, 5.74) is 3.39. The minimum absolute atomic E-state index is 0.549. The molecule has 0 atom stereocenters. The number of anilines is 1. The van der Waals surface area contributed by atoms with Gasteiger partial charge in [0, 0.05) is 35.3 Å². The summed E-state index contributed by atoms with van der Waals surface area (Å²) >= 11 is 1.74. The number of ether oxygens (including phenoxy) is 1. The molecule has 0 aliphatic rings. The first kappa shape index (κ1) is 21.3. The fourth-order valence-electron chi connectivity index (χ4n) is 2.81. The maximum Gasteiger partial charge on any atom is 0.129 e. The highest BCUT2D eigenvalue weighted by molar-refractivity contribution is 7.10. The first-order valence-electron chi connectivity index (χ1n) is 10.0. The molecule has 0 aliphatic heterocycles. The van der Waals surface area contributed by atoms with Crippen LogP contribution in [-0.4, -0.2) is 19.7 Å². The molecule has 2 nitrogen and oxygen atoms in total. The van der Waals surface area contributed by atoms with E-state index >= 15 is 0 Å². The van der Waals surface area contributed by atoms with Crippen LogP contribution in [0.1, 0.15) is 56.9 Å². The topological polar surface area (TPSA) is 12.5 Å². The second-order valence-corrected chi connectivity index (χ2v) is 7.99. The number of thiophene rings is 1. The number of rotatable bonds is 12. The van der Waals surface area contributed by atoms with Crippen LogP contribution in [0.4, 0.5) is 5.69 Å². The maximum absolute atomic E-state index is 6.09. The number of hydrogen-bond acceptors (Lipinski definition) is 3. The Morgan fingerprint density at radius 1 is 1.11 bits per heavy atom. The predicted molar refractivity (Wildman–Crippen MR) is 122 cm³/mol. The molecule has 0 bridgehead atoms. The summed E-state index contributed by atoms with van der Waals surface area (Å²) in [7, 11) is 0. The van der Waals surface area contributed by atoms with Gasteiger partial charge in [-0.3, -0.25) is 0 Å². The maximum atomic E-state index is 6.09. The average Bonchev–Trinajstić information content (AvgIpc) is 3.19. The van der Waals surface area contributed by atoms with Crippen molar-refractivity contribution in [2.24, 2.45) is 0 Å². The fourth-order valence-corrected chi connectivity index (χ4v) is 3.43. The number of unbranched alkanes of at least 4 members (excludes halogenated alkanes) is 2. The number of hydrogen-bond donors (Lipinski definition) is 0. The summed E-state index contributed by atoms with van der Waals surface area (Å²) in [5, 5.41) is 2.10. The summed E-state index contributed by atoms with van der Waals surface area (Å²) in [5.74, 6) is 0.932. The molecule has 2 rings (SSSR count). The molecule has 0 saturated carbocycles. The van der Waals surface area contributed by atoms with Crippen molar-refractivity contribution < 1.29 is 4.74 Å². The van der Waals surface area contributed by atoms with Crippen molar-refractivity contribution >= 4 is 29.2 Å². The minimum atomic E-state index is 0.549. The lowest BCUT2D eigenvalue weighted by Crippen LogP contribution is -2.25. The van der Waals surface area contributed by atoms with Crippen LogP contribution in [0.15, 0.2) is 47.9 Å². The van der Waals surface area contributed by atoms with Gasteiger partial charge in [0.15, 0.2) is 0 Å². The molecule has 1 aromatic heterocycles. The van der Waals surface area contributed by atoms with Crippen LogP contribution in [0.25, 0.3) is 12.2 Å². The molecule has 0 N–H and O–H groups in total. The molecule has 0 radical (unpaired) electrons. The average molecular weight is 384 g/mol. The minimum Gasteiger partial charge on any atom is -0.489 e. The summed E-state index contributed by atoms with van der Waals surface area (Å²) in [4.78, 5) is 3.74. The standard InChI is InChI=1S/C24H33NOS/c1-5-7-15-25(16-8-6-2)22-13-11-21(12-14-23-10-9-17-27-23)24(18-22)26-19-20(3)4/h9-14,17-18H,3,5-8,15-16,19H2,1-2,4H3/b14-12+. The first-order valence-corrected chi connectivity index (χ1v) is 10.9. The van der Waals surface area contributed by atoms with E-state index in [1.165, 1.54) is 36.2 Å². The Bertz CT molecular complexity index is 710. The normalized spacial score (nSPS) is 11.1. The SMILES string of the molecule is C=C(C)COc1cc(N(CCCC)CCCC)ccc1/C=C/c1cccs1. The van der Waals surface area contributed by atoms with Gasteiger partial charge in [0.05, 0.1) is 0 Å². The Balaban J connectivity index is 2.27. The van der Waals surface area contributed by atoms with Crippen molar-refractivity contribution in [3.8, 4) is 5.75 Å². The molecule has 0 spiro atoms. The molecule has 0 aliphatic carbocycles. The van der Waals surface area contributed by atoms with Crippen molar-refractivity contribution in [3.05, 3.63) is 58.3 Å². The molecule has 0 fully saturated rings. The summed E-state index contributed by atoms with van der Waals surface area (Å²) < 4.78 is 6.09. The van der Waals surface area contributed by atoms with Crippen LogP contribution in [0.2, 0.25) is 0 Å². The largest absolute Gasteiger partial charge is 0.489 e. The molecule has 27 heavy (non-hydrogen) atoms. The van der Waals surface area contributed by atoms with Crippen LogP contribution in [-0.2, 0) is 0 Å². The third-order valence-corrected chi connectivity index (χ3v) is 5.21. The van der Waals surface area contributed by atoms with E-state index in [0.29, 0.717) is 6.61 Å². The lowest BCUT2D eigenvalue weighted by atomic mass is 10.1. The van der Waals surface area contributed by atoms with Crippen molar-refractivity contribution in [2.75, 3.05) is 24.6 Å². The zero-order valence-electron chi connectivity index (χ0n) is 17.0. The zero-order chi connectivity index (χ0) is 19.5. The molecule has 0 saturated heterocycles. The molecule has 146 valence electrons. The lowest BCUT2D eigenvalue weighted by molar-refractivity contribution is 0.352. The Morgan fingerprint density at radius 2 is 1.85 bits per heavy atom. The smallest absolute Gasteiger partial charge is 0.129 e. The molecule has 0 amide bonds. The van der Waals surface area contributed by atoms with Gasteiger partial charge in [0.2, 0.25) is 0 Å². The van der Waals surface area contributed by atoms with E-state index < -0.39 is 0 Å². The van der Waals surface area contributed by atoms with Crippen molar-refractivity contribution in [3.63, 3.8) is 0 Å². The van der Waals surface area contributed by atoms with Gasteiger partial charge in [-0.25, -0.2) is 0 Å². The van der Waals surface area contributed by atoms with E-state index in [4.69, 9.17) is 4.74 Å². The van der Waals surface area contributed by atoms with Gasteiger partial charge in [-0.2, -0.15) is 0 Å². The van der Waals surface area contributed by atoms with Crippen LogP contribution < -0.4 is 9.64 Å². The van der Waals surface area contributed by atoms with Crippen molar-refractivity contribution in [1.29, 1.82) is 0 Å². The fraction of sp³-hybridized carbons (Fsp3) is 0.417. The molecule has 1 heterocycles. The molecule has 3 heteroatoms. The Hall–Kier alpha value is -2.00. The summed E-state index contributed by atoms with van der Waals surface area (Å²) in [6.07, 6.45) is 9.15. The van der Waals surface area contributed by atoms with Crippen molar-refractivity contribution in [2.45, 2.75) is 46.5 Å². The van der Waals surface area contributed by atoms with Crippen LogP contribution in [0, 0.1) is 0 Å². The molecular weight excluding hydrogens is 350 g/mol. The highest BCUT2D eigenvalue weighted by Gasteiger charge is 2.10. The quantitative estimate of drug-likeness (QED) is 0.357. The van der Waals surface area contributed by atoms with E-state index in [9.17, 15) is 0 Å². The Labute approximate surface area is 169 Å². The van der Waals surface area contributed by atoms with Crippen LogP contribution >= 0.6 is 11.3 Å². The van der Waals surface area contributed by atoms with Gasteiger partial charge < -0.3 is 9.64 Å². The first-order chi connectivity index (χ1) is 13.1. The van der Waals surface area contributed by atoms with E-state index in [-0.39, 0.29) is 0 Å². The Morgan fingerprint density at radius 3 is 2.44 bits per heavy atom. The second kappa shape index (κ2) is 11.7. The highest BCUT2D eigenvalue weighted by atomic mass is 32.1. The van der Waals surface area contributed by atoms with E-state index in [2.05, 4.69) is 73.2 Å². The summed E-state index contributed by atoms with van der Waals surface area (Å²) in [6.45, 7) is 13.2. The summed E-state index contributed by atoms with van der Waals surface area (Å²) in [6, 6.07) is 10.8. The third-order valence-electron chi connectivity index (χ3n) is 4.37. The van der Waals surface area contributed by atoms with Gasteiger partial charge in [-0.05, 0) is 61.1 Å². The van der Waals surface area contributed by atoms with E-state index in [1.54, 1.807) is 11.3 Å². The Kier molecular flexibility index (Phi) is 9.20. The molecule has 2 aromatic rings. The van der Waals surface area contributed by atoms with E-state index in [1.807, 2.05) is 6.92 Å². The van der Waals surface area contributed by atoms with Gasteiger partial charge in [-0.15, -0.1) is 11.3 Å². The van der Waals surface area contributed by atoms with E-state index in [0.717, 1.165) is 30.0 Å². The van der Waals surface area contributed by atoms with Crippen LogP contribution in [0.3, 0.4) is 0 Å². The van der Waals surface area contributed by atoms with Crippen LogP contribution in [0.5, 0.6) is 5.75 Å². The monoisotopic (exact) mass is 383 g/mol. The highest BCUT2D eigenvalue weighted by Crippen LogP contribution is 2.29. The molecular formula is C24H33NOS. The molecule has 0 unspecified atom stereocenters. The van der Waals surface area contributed by atoms with Gasteiger partial charge >= 0.3 is 0 Å². The third kappa shape index (κ3) is 7.26.